The van der Waals surface area contributed by atoms with Crippen molar-refractivity contribution in [1.82, 2.24) is 5.43 Å². The fourth-order valence-electron chi connectivity index (χ4n) is 2.06. The highest BCUT2D eigenvalue weighted by Gasteiger charge is 2.21. The van der Waals surface area contributed by atoms with E-state index in [2.05, 4.69) is 10.5 Å². The van der Waals surface area contributed by atoms with Crippen LogP contribution in [0.1, 0.15) is 10.4 Å². The molecule has 0 aliphatic heterocycles. The Hall–Kier alpha value is -2.10. The first-order valence-corrected chi connectivity index (χ1v) is 10.5. The third-order valence-corrected chi connectivity index (χ3v) is 5.77. The van der Waals surface area contributed by atoms with Crippen LogP contribution in [0, 0.1) is 6.92 Å². The van der Waals surface area contributed by atoms with Crippen molar-refractivity contribution in [2.75, 3.05) is 24.2 Å². The van der Waals surface area contributed by atoms with Gasteiger partial charge in [-0.05, 0) is 42.1 Å². The molecule has 1 amide bonds. The van der Waals surface area contributed by atoms with E-state index in [0.717, 1.165) is 21.0 Å². The molecule has 2 aromatic rings. The normalized spacial score (nSPS) is 11.5. The van der Waals surface area contributed by atoms with Crippen LogP contribution in [-0.4, -0.2) is 40.4 Å². The Morgan fingerprint density at radius 1 is 1.42 bits per heavy atom. The minimum atomic E-state index is -3.70. The van der Waals surface area contributed by atoms with Gasteiger partial charge in [-0.3, -0.25) is 9.10 Å². The highest BCUT2D eigenvalue weighted by molar-refractivity contribution is 7.92. The molecule has 2 rings (SSSR count). The van der Waals surface area contributed by atoms with E-state index < -0.39 is 22.5 Å². The molecule has 0 unspecified atom stereocenters. The SMILES string of the molecule is COc1ccc(N(CC(=O)N/N=C\c2sccc2C)S(C)(=O)=O)cc1Cl. The largest absolute Gasteiger partial charge is 0.495 e. The predicted molar refractivity (Wildman–Crippen MR) is 105 cm³/mol. The number of carbonyl (C=O) groups excluding carboxylic acids is 1. The van der Waals surface area contributed by atoms with Crippen molar-refractivity contribution in [3.63, 3.8) is 0 Å². The van der Waals surface area contributed by atoms with Crippen LogP contribution in [0.4, 0.5) is 5.69 Å². The molecule has 0 fully saturated rings. The second kappa shape index (κ2) is 8.52. The van der Waals surface area contributed by atoms with Crippen LogP contribution < -0.4 is 14.5 Å². The van der Waals surface area contributed by atoms with Gasteiger partial charge < -0.3 is 4.74 Å². The zero-order chi connectivity index (χ0) is 19.3. The fourth-order valence-corrected chi connectivity index (χ4v) is 3.94. The maximum Gasteiger partial charge on any atom is 0.260 e. The summed E-state index contributed by atoms with van der Waals surface area (Å²) < 4.78 is 30.1. The maximum atomic E-state index is 12.1. The molecule has 10 heteroatoms. The van der Waals surface area contributed by atoms with E-state index in [1.807, 2.05) is 18.4 Å². The van der Waals surface area contributed by atoms with E-state index in [1.54, 1.807) is 0 Å². The van der Waals surface area contributed by atoms with Crippen molar-refractivity contribution in [1.29, 1.82) is 0 Å². The molecule has 1 N–H and O–H groups in total. The first-order valence-electron chi connectivity index (χ1n) is 7.39. The quantitative estimate of drug-likeness (QED) is 0.556. The summed E-state index contributed by atoms with van der Waals surface area (Å²) in [4.78, 5) is 13.0. The van der Waals surface area contributed by atoms with Gasteiger partial charge in [-0.15, -0.1) is 11.3 Å². The molecule has 1 aromatic heterocycles. The molecule has 26 heavy (non-hydrogen) atoms. The zero-order valence-electron chi connectivity index (χ0n) is 14.4. The number of sulfonamides is 1. The molecule has 0 bridgehead atoms. The smallest absolute Gasteiger partial charge is 0.260 e. The number of hydrazone groups is 1. The number of halogens is 1. The standard InChI is InChI=1S/C16H18ClN3O4S2/c1-11-6-7-25-15(11)9-18-19-16(21)10-20(26(3,22)23)12-4-5-14(24-2)13(17)8-12/h4-9H,10H2,1-3H3,(H,19,21)/b18-9-. The molecule has 1 aromatic carbocycles. The Bertz CT molecular complexity index is 925. The minimum Gasteiger partial charge on any atom is -0.495 e. The lowest BCUT2D eigenvalue weighted by molar-refractivity contribution is -0.119. The number of amides is 1. The van der Waals surface area contributed by atoms with Gasteiger partial charge in [0.05, 0.1) is 30.3 Å². The third kappa shape index (κ3) is 5.20. The maximum absolute atomic E-state index is 12.1. The number of hydrogen-bond acceptors (Lipinski definition) is 6. The van der Waals surface area contributed by atoms with Crippen LogP contribution in [0.15, 0.2) is 34.7 Å². The molecule has 0 aliphatic carbocycles. The predicted octanol–water partition coefficient (Wildman–Crippen LogP) is 2.63. The highest BCUT2D eigenvalue weighted by atomic mass is 35.5. The Labute approximate surface area is 161 Å². The van der Waals surface area contributed by atoms with Gasteiger partial charge in [0.2, 0.25) is 10.0 Å². The van der Waals surface area contributed by atoms with Gasteiger partial charge in [0, 0.05) is 4.88 Å². The number of carbonyl (C=O) groups is 1. The number of methoxy groups -OCH3 is 1. The van der Waals surface area contributed by atoms with E-state index in [4.69, 9.17) is 16.3 Å². The summed E-state index contributed by atoms with van der Waals surface area (Å²) >= 11 is 7.53. The third-order valence-electron chi connectivity index (χ3n) is 3.38. The average molecular weight is 416 g/mol. The second-order valence-corrected chi connectivity index (χ2v) is 8.61. The van der Waals surface area contributed by atoms with Crippen molar-refractivity contribution >= 4 is 50.8 Å². The molecule has 0 spiro atoms. The van der Waals surface area contributed by atoms with Gasteiger partial charge >= 0.3 is 0 Å². The molecule has 0 aliphatic rings. The number of nitrogens with zero attached hydrogens (tertiary/aromatic N) is 2. The molecular formula is C16H18ClN3O4S2. The van der Waals surface area contributed by atoms with E-state index in [1.165, 1.54) is 42.9 Å². The lowest BCUT2D eigenvalue weighted by Crippen LogP contribution is -2.39. The van der Waals surface area contributed by atoms with Gasteiger partial charge in [-0.25, -0.2) is 13.8 Å². The zero-order valence-corrected chi connectivity index (χ0v) is 16.8. The summed E-state index contributed by atoms with van der Waals surface area (Å²) in [5.41, 5.74) is 3.63. The Balaban J connectivity index is 2.13. The molecule has 7 nitrogen and oxygen atoms in total. The van der Waals surface area contributed by atoms with Crippen LogP contribution in [0.2, 0.25) is 5.02 Å². The number of benzene rings is 1. The summed E-state index contributed by atoms with van der Waals surface area (Å²) in [7, 11) is -2.25. The summed E-state index contributed by atoms with van der Waals surface area (Å²) in [5.74, 6) is -0.169. The van der Waals surface area contributed by atoms with E-state index in [9.17, 15) is 13.2 Å². The fraction of sp³-hybridized carbons (Fsp3) is 0.250. The summed E-state index contributed by atoms with van der Waals surface area (Å²) in [6, 6.07) is 6.41. The topological polar surface area (TPSA) is 88.1 Å². The van der Waals surface area contributed by atoms with Crippen LogP contribution in [-0.2, 0) is 14.8 Å². The Kier molecular flexibility index (Phi) is 6.63. The van der Waals surface area contributed by atoms with E-state index in [0.29, 0.717) is 5.75 Å². The molecule has 140 valence electrons. The van der Waals surface area contributed by atoms with Crippen molar-refractivity contribution in [3.8, 4) is 5.75 Å². The van der Waals surface area contributed by atoms with Crippen LogP contribution >= 0.6 is 22.9 Å². The van der Waals surface area contributed by atoms with Crippen LogP contribution in [0.3, 0.4) is 0 Å². The summed E-state index contributed by atoms with van der Waals surface area (Å²) in [5, 5.41) is 6.02. The van der Waals surface area contributed by atoms with Crippen molar-refractivity contribution < 1.29 is 17.9 Å². The van der Waals surface area contributed by atoms with E-state index in [-0.39, 0.29) is 10.7 Å². The van der Waals surface area contributed by atoms with Gasteiger partial charge in [0.1, 0.15) is 12.3 Å². The Morgan fingerprint density at radius 2 is 2.15 bits per heavy atom. The average Bonchev–Trinajstić information content (AvgIpc) is 2.97. The highest BCUT2D eigenvalue weighted by Crippen LogP contribution is 2.30. The summed E-state index contributed by atoms with van der Waals surface area (Å²) in [6.45, 7) is 1.50. The number of anilines is 1. The molecule has 0 radical (unpaired) electrons. The molecule has 0 atom stereocenters. The Morgan fingerprint density at radius 3 is 2.69 bits per heavy atom. The number of aryl methyl sites for hydroxylation is 1. The second-order valence-electron chi connectivity index (χ2n) is 5.35. The van der Waals surface area contributed by atoms with E-state index >= 15 is 0 Å². The number of hydrogen-bond donors (Lipinski definition) is 1. The van der Waals surface area contributed by atoms with Gasteiger partial charge in [-0.1, -0.05) is 11.6 Å². The number of nitrogens with one attached hydrogen (secondary N) is 1. The van der Waals surface area contributed by atoms with Gasteiger partial charge in [-0.2, -0.15) is 5.10 Å². The van der Waals surface area contributed by atoms with Crippen molar-refractivity contribution in [3.05, 3.63) is 45.1 Å². The monoisotopic (exact) mass is 415 g/mol. The molecule has 0 saturated heterocycles. The first kappa shape index (κ1) is 20.2. The number of thiophene rings is 1. The number of ether oxygens (including phenoxy) is 1. The van der Waals surface area contributed by atoms with Gasteiger partial charge in [0.15, 0.2) is 0 Å². The van der Waals surface area contributed by atoms with Crippen LogP contribution in [0.25, 0.3) is 0 Å². The summed E-state index contributed by atoms with van der Waals surface area (Å²) in [6.07, 6.45) is 2.53. The lowest BCUT2D eigenvalue weighted by atomic mass is 10.3. The molecule has 1 heterocycles. The molecular weight excluding hydrogens is 398 g/mol. The lowest BCUT2D eigenvalue weighted by Gasteiger charge is -2.21. The van der Waals surface area contributed by atoms with Gasteiger partial charge in [0.25, 0.3) is 5.91 Å². The first-order chi connectivity index (χ1) is 12.2. The minimum absolute atomic E-state index is 0.241. The van der Waals surface area contributed by atoms with Crippen molar-refractivity contribution in [2.24, 2.45) is 5.10 Å². The number of rotatable bonds is 7. The van der Waals surface area contributed by atoms with Crippen molar-refractivity contribution in [2.45, 2.75) is 6.92 Å². The van der Waals surface area contributed by atoms with Crippen LogP contribution in [0.5, 0.6) is 5.75 Å². The molecule has 0 saturated carbocycles.